The third kappa shape index (κ3) is 3.90. The number of amides is 1. The third-order valence-corrected chi connectivity index (χ3v) is 2.51. The monoisotopic (exact) mass is 266 g/mol. The second-order valence-corrected chi connectivity index (χ2v) is 4.01. The van der Waals surface area contributed by atoms with Crippen molar-refractivity contribution in [1.29, 1.82) is 0 Å². The van der Waals surface area contributed by atoms with Gasteiger partial charge in [-0.3, -0.25) is 14.8 Å². The molecule has 0 aliphatic rings. The molecule has 2 aromatic rings. The van der Waals surface area contributed by atoms with Gasteiger partial charge >= 0.3 is 0 Å². The lowest BCUT2D eigenvalue weighted by atomic mass is 10.2. The summed E-state index contributed by atoms with van der Waals surface area (Å²) in [5, 5.41) is 2.81. The van der Waals surface area contributed by atoms with Crippen LogP contribution in [0, 0.1) is 11.8 Å². The molecule has 0 radical (unpaired) electrons. The van der Waals surface area contributed by atoms with Crippen LogP contribution in [0.25, 0.3) is 0 Å². The van der Waals surface area contributed by atoms with Gasteiger partial charge < -0.3 is 11.1 Å². The highest BCUT2D eigenvalue weighted by molar-refractivity contribution is 5.94. The second kappa shape index (κ2) is 7.02. The molecular weight excluding hydrogens is 252 g/mol. The molecule has 5 nitrogen and oxygen atoms in total. The van der Waals surface area contributed by atoms with Crippen molar-refractivity contribution in [3.8, 4) is 11.8 Å². The van der Waals surface area contributed by atoms with E-state index in [-0.39, 0.29) is 12.5 Å². The van der Waals surface area contributed by atoms with Gasteiger partial charge in [-0.15, -0.1) is 0 Å². The summed E-state index contributed by atoms with van der Waals surface area (Å²) in [6.07, 6.45) is 6.50. The number of hydrogen-bond acceptors (Lipinski definition) is 4. The molecule has 0 saturated heterocycles. The number of hydrogen-bond donors (Lipinski definition) is 2. The van der Waals surface area contributed by atoms with Crippen molar-refractivity contribution in [2.75, 3.05) is 6.54 Å². The average molecular weight is 266 g/mol. The van der Waals surface area contributed by atoms with Crippen molar-refractivity contribution in [2.24, 2.45) is 5.73 Å². The Bertz CT molecular complexity index is 644. The van der Waals surface area contributed by atoms with Gasteiger partial charge in [-0.2, -0.15) is 0 Å². The Kier molecular flexibility index (Phi) is 4.81. The zero-order valence-corrected chi connectivity index (χ0v) is 10.8. The molecule has 0 bridgehead atoms. The standard InChI is InChI=1S/C15H14N4O/c16-5-1-3-12-7-14(11-18-8-12)15(20)19-10-13-4-2-6-17-9-13/h2,4,6-9,11H,5,10,16H2,(H,19,20). The van der Waals surface area contributed by atoms with Crippen LogP contribution in [0.15, 0.2) is 43.0 Å². The summed E-state index contributed by atoms with van der Waals surface area (Å²) in [4.78, 5) is 20.0. The van der Waals surface area contributed by atoms with Crippen molar-refractivity contribution in [3.05, 3.63) is 59.7 Å². The van der Waals surface area contributed by atoms with Gasteiger partial charge in [0.15, 0.2) is 0 Å². The number of aromatic nitrogens is 2. The summed E-state index contributed by atoms with van der Waals surface area (Å²) in [5.41, 5.74) is 7.39. The maximum atomic E-state index is 12.0. The molecule has 5 heteroatoms. The van der Waals surface area contributed by atoms with Gasteiger partial charge in [0.05, 0.1) is 12.1 Å². The normalized spacial score (nSPS) is 9.45. The van der Waals surface area contributed by atoms with Crippen LogP contribution in [-0.4, -0.2) is 22.4 Å². The van der Waals surface area contributed by atoms with Gasteiger partial charge in [0.25, 0.3) is 5.91 Å². The highest BCUT2D eigenvalue weighted by Crippen LogP contribution is 2.02. The molecule has 0 fully saturated rings. The number of rotatable bonds is 3. The van der Waals surface area contributed by atoms with Crippen molar-refractivity contribution in [1.82, 2.24) is 15.3 Å². The van der Waals surface area contributed by atoms with Gasteiger partial charge in [-0.1, -0.05) is 17.9 Å². The third-order valence-electron chi connectivity index (χ3n) is 2.51. The first-order valence-electron chi connectivity index (χ1n) is 6.10. The molecule has 20 heavy (non-hydrogen) atoms. The molecular formula is C15H14N4O. The first-order chi connectivity index (χ1) is 9.79. The Morgan fingerprint density at radius 3 is 2.95 bits per heavy atom. The van der Waals surface area contributed by atoms with Gasteiger partial charge in [-0.05, 0) is 17.7 Å². The van der Waals surface area contributed by atoms with E-state index >= 15 is 0 Å². The number of nitrogens with two attached hydrogens (primary N) is 1. The largest absolute Gasteiger partial charge is 0.348 e. The predicted molar refractivity (Wildman–Crippen MR) is 75.6 cm³/mol. The van der Waals surface area contributed by atoms with E-state index in [2.05, 4.69) is 27.1 Å². The predicted octanol–water partition coefficient (Wildman–Crippen LogP) is 0.717. The first kappa shape index (κ1) is 13.7. The number of nitrogens with zero attached hydrogens (tertiary/aromatic N) is 2. The van der Waals surface area contributed by atoms with Gasteiger partial charge in [0.2, 0.25) is 0 Å². The molecule has 0 aliphatic carbocycles. The fourth-order valence-electron chi connectivity index (χ4n) is 1.57. The minimum atomic E-state index is -0.197. The quantitative estimate of drug-likeness (QED) is 0.802. The highest BCUT2D eigenvalue weighted by Gasteiger charge is 2.06. The van der Waals surface area contributed by atoms with Crippen LogP contribution in [-0.2, 0) is 6.54 Å². The van der Waals surface area contributed by atoms with Crippen molar-refractivity contribution in [2.45, 2.75) is 6.54 Å². The van der Waals surface area contributed by atoms with E-state index in [1.807, 2.05) is 12.1 Å². The molecule has 0 unspecified atom stereocenters. The van der Waals surface area contributed by atoms with E-state index in [0.29, 0.717) is 17.7 Å². The van der Waals surface area contributed by atoms with E-state index in [0.717, 1.165) is 5.56 Å². The van der Waals surface area contributed by atoms with Gasteiger partial charge in [0.1, 0.15) is 0 Å². The Morgan fingerprint density at radius 1 is 1.30 bits per heavy atom. The molecule has 0 aliphatic heterocycles. The van der Waals surface area contributed by atoms with E-state index in [4.69, 9.17) is 5.73 Å². The van der Waals surface area contributed by atoms with Crippen molar-refractivity contribution in [3.63, 3.8) is 0 Å². The molecule has 100 valence electrons. The number of nitrogens with one attached hydrogen (secondary N) is 1. The zero-order chi connectivity index (χ0) is 14.2. The van der Waals surface area contributed by atoms with E-state index in [1.165, 1.54) is 6.20 Å². The lowest BCUT2D eigenvalue weighted by molar-refractivity contribution is 0.0950. The second-order valence-electron chi connectivity index (χ2n) is 4.01. The topological polar surface area (TPSA) is 80.9 Å². The molecule has 0 saturated carbocycles. The SMILES string of the molecule is NCC#Cc1cncc(C(=O)NCc2cccnc2)c1. The molecule has 0 spiro atoms. The molecule has 2 aromatic heterocycles. The Labute approximate surface area is 117 Å². The molecule has 2 rings (SSSR count). The van der Waals surface area contributed by atoms with Crippen LogP contribution in [0.2, 0.25) is 0 Å². The average Bonchev–Trinajstić information content (AvgIpc) is 2.52. The van der Waals surface area contributed by atoms with Crippen LogP contribution in [0.1, 0.15) is 21.5 Å². The lowest BCUT2D eigenvalue weighted by Gasteiger charge is -2.05. The van der Waals surface area contributed by atoms with E-state index < -0.39 is 0 Å². The fraction of sp³-hybridized carbons (Fsp3) is 0.133. The Hall–Kier alpha value is -2.71. The van der Waals surface area contributed by atoms with Crippen LogP contribution in [0.4, 0.5) is 0 Å². The molecule has 2 heterocycles. The van der Waals surface area contributed by atoms with Crippen LogP contribution < -0.4 is 11.1 Å². The summed E-state index contributed by atoms with van der Waals surface area (Å²) < 4.78 is 0. The Balaban J connectivity index is 2.02. The molecule has 0 atom stereocenters. The van der Waals surface area contributed by atoms with Crippen molar-refractivity contribution >= 4 is 5.91 Å². The number of carbonyl (C=O) groups excluding carboxylic acids is 1. The van der Waals surface area contributed by atoms with E-state index in [1.54, 1.807) is 24.7 Å². The molecule has 3 N–H and O–H groups in total. The smallest absolute Gasteiger partial charge is 0.253 e. The van der Waals surface area contributed by atoms with Gasteiger partial charge in [-0.25, -0.2) is 0 Å². The van der Waals surface area contributed by atoms with Crippen molar-refractivity contribution < 1.29 is 4.79 Å². The minimum absolute atomic E-state index is 0.197. The summed E-state index contributed by atoms with van der Waals surface area (Å²) >= 11 is 0. The summed E-state index contributed by atoms with van der Waals surface area (Å²) in [5.74, 6) is 5.38. The van der Waals surface area contributed by atoms with Crippen LogP contribution >= 0.6 is 0 Å². The van der Waals surface area contributed by atoms with Crippen LogP contribution in [0.5, 0.6) is 0 Å². The number of pyridine rings is 2. The zero-order valence-electron chi connectivity index (χ0n) is 10.8. The fourth-order valence-corrected chi connectivity index (χ4v) is 1.57. The summed E-state index contributed by atoms with van der Waals surface area (Å²) in [7, 11) is 0. The Morgan fingerprint density at radius 2 is 2.20 bits per heavy atom. The maximum absolute atomic E-state index is 12.0. The minimum Gasteiger partial charge on any atom is -0.348 e. The molecule has 1 amide bonds. The van der Waals surface area contributed by atoms with Gasteiger partial charge in [0, 0.05) is 36.9 Å². The van der Waals surface area contributed by atoms with Crippen LogP contribution in [0.3, 0.4) is 0 Å². The summed E-state index contributed by atoms with van der Waals surface area (Å²) in [6.45, 7) is 0.697. The molecule has 0 aromatic carbocycles. The highest BCUT2D eigenvalue weighted by atomic mass is 16.1. The number of carbonyl (C=O) groups is 1. The summed E-state index contributed by atoms with van der Waals surface area (Å²) in [6, 6.07) is 5.41. The first-order valence-corrected chi connectivity index (χ1v) is 6.10. The lowest BCUT2D eigenvalue weighted by Crippen LogP contribution is -2.23. The maximum Gasteiger partial charge on any atom is 0.253 e. The van der Waals surface area contributed by atoms with E-state index in [9.17, 15) is 4.79 Å².